The maximum absolute atomic E-state index is 12.9. The van der Waals surface area contributed by atoms with Gasteiger partial charge in [0, 0.05) is 50.7 Å². The monoisotopic (exact) mass is 612 g/mol. The minimum atomic E-state index is -0.558. The van der Waals surface area contributed by atoms with Crippen LogP contribution >= 0.6 is 0 Å². The van der Waals surface area contributed by atoms with Crippen molar-refractivity contribution in [1.82, 2.24) is 35.6 Å². The SMILES string of the molecule is C=C(NC)[C@H]1CCC2C(CCc3cc(C(=O)NC)ccc3C2(CCNCC(=C)N2C(C#N)C[C@@H]3[C@H](C)[C@@H]32)c2nn(C)c(=O)[nH]2)C1. The maximum atomic E-state index is 12.9. The Morgan fingerprint density at radius 3 is 2.69 bits per heavy atom. The Labute approximate surface area is 266 Å². The van der Waals surface area contributed by atoms with Gasteiger partial charge in [-0.05, 0) is 104 Å². The van der Waals surface area contributed by atoms with E-state index >= 15 is 0 Å². The Bertz CT molecular complexity index is 1580. The number of aromatic amines is 1. The smallest absolute Gasteiger partial charge is 0.343 e. The second-order valence-corrected chi connectivity index (χ2v) is 13.8. The number of carbonyl (C=O) groups excluding carboxylic acids is 1. The Hall–Kier alpha value is -3.84. The second kappa shape index (κ2) is 12.2. The van der Waals surface area contributed by atoms with E-state index in [4.69, 9.17) is 5.10 Å². The van der Waals surface area contributed by atoms with Crippen LogP contribution in [-0.4, -0.2) is 64.8 Å². The summed E-state index contributed by atoms with van der Waals surface area (Å²) in [6.07, 6.45) is 6.52. The van der Waals surface area contributed by atoms with Crippen molar-refractivity contribution in [3.8, 4) is 6.07 Å². The predicted octanol–water partition coefficient (Wildman–Crippen LogP) is 3.19. The third-order valence-electron chi connectivity index (χ3n) is 11.7. The van der Waals surface area contributed by atoms with Gasteiger partial charge in [-0.3, -0.25) is 9.78 Å². The number of rotatable bonds is 10. The fourth-order valence-corrected chi connectivity index (χ4v) is 9.23. The average molecular weight is 613 g/mol. The van der Waals surface area contributed by atoms with Crippen LogP contribution in [0.3, 0.4) is 0 Å². The largest absolute Gasteiger partial charge is 0.392 e. The van der Waals surface area contributed by atoms with Crippen molar-refractivity contribution in [1.29, 1.82) is 5.26 Å². The maximum Gasteiger partial charge on any atom is 0.343 e. The van der Waals surface area contributed by atoms with E-state index in [1.807, 2.05) is 19.2 Å². The summed E-state index contributed by atoms with van der Waals surface area (Å²) < 4.78 is 1.40. The third kappa shape index (κ3) is 5.29. The number of hydrogen-bond acceptors (Lipinski definition) is 7. The standard InChI is InChI=1S/C35H48N8O2/c1-20(43-27(18-36)17-28-21(2)31(28)43)19-39-14-13-35(33-40-34(45)42(6)41-33)29-11-9-23(22(3)37-4)15-24(29)7-8-25-16-26(32(44)38-5)10-12-30(25)35/h10,12,16,21,23-24,27-29,31,37,39H,1,3,7-9,11,13-15,17,19H2,2,4-6H3,(H,38,44)(H,40,41,45)/t21-,23-,24?,27?,28+,29?,31-,35?/m0/s1. The Balaban J connectivity index is 1.35. The molecule has 1 amide bonds. The van der Waals surface area contributed by atoms with Gasteiger partial charge in [0.2, 0.25) is 0 Å². The van der Waals surface area contributed by atoms with Crippen molar-refractivity contribution >= 4 is 5.91 Å². The van der Waals surface area contributed by atoms with Gasteiger partial charge in [-0.25, -0.2) is 9.48 Å². The van der Waals surface area contributed by atoms with Crippen LogP contribution in [0, 0.1) is 40.9 Å². The van der Waals surface area contributed by atoms with Crippen molar-refractivity contribution in [2.45, 2.75) is 69.4 Å². The molecule has 3 aliphatic carbocycles. The number of allylic oxidation sites excluding steroid dienone is 1. The lowest BCUT2D eigenvalue weighted by atomic mass is 9.57. The van der Waals surface area contributed by atoms with Crippen LogP contribution in [0.15, 0.2) is 47.5 Å². The fourth-order valence-electron chi connectivity index (χ4n) is 9.23. The molecule has 6 rings (SSSR count). The number of piperidine rings is 1. The van der Waals surface area contributed by atoms with E-state index in [0.29, 0.717) is 54.2 Å². The van der Waals surface area contributed by atoms with Crippen LogP contribution in [0.2, 0.25) is 0 Å². The van der Waals surface area contributed by atoms with Crippen LogP contribution < -0.4 is 21.6 Å². The number of fused-ring (bicyclic) bond motifs is 3. The normalized spacial score (nSPS) is 31.5. The van der Waals surface area contributed by atoms with Crippen LogP contribution in [0.5, 0.6) is 0 Å². The van der Waals surface area contributed by atoms with E-state index < -0.39 is 5.41 Å². The van der Waals surface area contributed by atoms with Gasteiger partial charge >= 0.3 is 5.69 Å². The number of amides is 1. The summed E-state index contributed by atoms with van der Waals surface area (Å²) in [4.78, 5) is 31.1. The quantitative estimate of drug-likeness (QED) is 0.303. The molecule has 1 aromatic carbocycles. The molecule has 2 heterocycles. The topological polar surface area (TPSA) is 131 Å². The molecule has 8 atom stereocenters. The summed E-state index contributed by atoms with van der Waals surface area (Å²) in [5, 5.41) is 24.4. The fraction of sp³-hybridized carbons (Fsp3) is 0.600. The summed E-state index contributed by atoms with van der Waals surface area (Å²) in [6, 6.07) is 8.90. The molecule has 3 fully saturated rings. The second-order valence-electron chi connectivity index (χ2n) is 13.8. The summed E-state index contributed by atoms with van der Waals surface area (Å²) in [6.45, 7) is 12.3. The van der Waals surface area contributed by atoms with E-state index in [-0.39, 0.29) is 23.6 Å². The van der Waals surface area contributed by atoms with E-state index in [1.165, 1.54) is 4.68 Å². The van der Waals surface area contributed by atoms with Crippen LogP contribution in [0.1, 0.15) is 72.8 Å². The molecule has 1 saturated heterocycles. The lowest BCUT2D eigenvalue weighted by molar-refractivity contribution is 0.0963. The number of nitrogens with zero attached hydrogens (tertiary/aromatic N) is 4. The highest BCUT2D eigenvalue weighted by atomic mass is 16.2. The number of nitriles is 1. The van der Waals surface area contributed by atoms with E-state index in [2.05, 4.69) is 58.1 Å². The Morgan fingerprint density at radius 1 is 1.20 bits per heavy atom. The van der Waals surface area contributed by atoms with Gasteiger partial charge in [-0.2, -0.15) is 10.4 Å². The molecule has 2 saturated carbocycles. The number of aromatic nitrogens is 3. The summed E-state index contributed by atoms with van der Waals surface area (Å²) >= 11 is 0. The average Bonchev–Trinajstić information content (AvgIpc) is 3.35. The highest BCUT2D eigenvalue weighted by Crippen LogP contribution is 2.56. The van der Waals surface area contributed by atoms with Gasteiger partial charge in [-0.15, -0.1) is 0 Å². The zero-order valence-corrected chi connectivity index (χ0v) is 27.2. The first-order chi connectivity index (χ1) is 21.6. The molecule has 2 aromatic rings. The predicted molar refractivity (Wildman–Crippen MR) is 174 cm³/mol. The Kier molecular flexibility index (Phi) is 8.42. The molecule has 45 heavy (non-hydrogen) atoms. The number of nitrogens with one attached hydrogen (secondary N) is 4. The van der Waals surface area contributed by atoms with Gasteiger partial charge in [-0.1, -0.05) is 26.1 Å². The number of aryl methyl sites for hydroxylation is 2. The molecule has 4 aliphatic rings. The molecule has 4 unspecified atom stereocenters. The minimum Gasteiger partial charge on any atom is -0.392 e. The highest BCUT2D eigenvalue weighted by molar-refractivity contribution is 5.94. The van der Waals surface area contributed by atoms with Crippen molar-refractivity contribution in [2.24, 2.45) is 36.6 Å². The van der Waals surface area contributed by atoms with Gasteiger partial charge < -0.3 is 20.9 Å². The lowest BCUT2D eigenvalue weighted by Crippen LogP contribution is -2.46. The lowest BCUT2D eigenvalue weighted by Gasteiger charge is -2.47. The number of carbonyl (C=O) groups is 1. The van der Waals surface area contributed by atoms with Crippen LogP contribution in [0.25, 0.3) is 0 Å². The number of likely N-dealkylation sites (tertiary alicyclic amines) is 1. The molecule has 1 aromatic heterocycles. The molecule has 1 aliphatic heterocycles. The highest BCUT2D eigenvalue weighted by Gasteiger charge is 2.59. The van der Waals surface area contributed by atoms with Crippen LogP contribution in [0.4, 0.5) is 0 Å². The number of H-pyrrole nitrogens is 1. The Morgan fingerprint density at radius 2 is 2.00 bits per heavy atom. The first kappa shape index (κ1) is 31.2. The molecule has 0 spiro atoms. The van der Waals surface area contributed by atoms with Gasteiger partial charge in [0.1, 0.15) is 11.9 Å². The minimum absolute atomic E-state index is 0.0954. The van der Waals surface area contributed by atoms with E-state index in [0.717, 1.165) is 67.5 Å². The van der Waals surface area contributed by atoms with Gasteiger partial charge in [0.05, 0.1) is 11.5 Å². The molecule has 0 radical (unpaired) electrons. The van der Waals surface area contributed by atoms with Crippen molar-refractivity contribution in [3.63, 3.8) is 0 Å². The molecule has 10 nitrogen and oxygen atoms in total. The molecule has 4 N–H and O–H groups in total. The molecule has 240 valence electrons. The molecular weight excluding hydrogens is 564 g/mol. The number of hydrogen-bond donors (Lipinski definition) is 4. The molecular formula is C35H48N8O2. The van der Waals surface area contributed by atoms with Crippen LogP contribution in [-0.2, 0) is 18.9 Å². The van der Waals surface area contributed by atoms with Crippen molar-refractivity contribution in [2.75, 3.05) is 27.2 Å². The van der Waals surface area contributed by atoms with Gasteiger partial charge in [0.15, 0.2) is 0 Å². The first-order valence-corrected chi connectivity index (χ1v) is 16.6. The van der Waals surface area contributed by atoms with Gasteiger partial charge in [0.25, 0.3) is 5.91 Å². The van der Waals surface area contributed by atoms with Crippen molar-refractivity contribution in [3.05, 3.63) is 75.8 Å². The molecule has 0 bridgehead atoms. The first-order valence-electron chi connectivity index (χ1n) is 16.6. The van der Waals surface area contributed by atoms with E-state index in [1.54, 1.807) is 14.1 Å². The third-order valence-corrected chi connectivity index (χ3v) is 11.7. The van der Waals surface area contributed by atoms with E-state index in [9.17, 15) is 14.9 Å². The summed E-state index contributed by atoms with van der Waals surface area (Å²) in [5.41, 5.74) is 4.22. The zero-order valence-electron chi connectivity index (χ0n) is 27.2. The zero-order chi connectivity index (χ0) is 32.0. The number of benzene rings is 1. The van der Waals surface area contributed by atoms with Crippen molar-refractivity contribution < 1.29 is 4.79 Å². The molecule has 10 heteroatoms. The summed E-state index contributed by atoms with van der Waals surface area (Å²) in [5.74, 6) is 2.84. The summed E-state index contributed by atoms with van der Waals surface area (Å²) in [7, 11) is 5.31.